The normalized spacial score (nSPS) is 15.6. The molecule has 1 aliphatic carbocycles. The van der Waals surface area contributed by atoms with Gasteiger partial charge in [0.15, 0.2) is 0 Å². The van der Waals surface area contributed by atoms with E-state index >= 15 is 0 Å². The number of aromatic amines is 1. The number of anilines is 1. The number of esters is 1. The van der Waals surface area contributed by atoms with E-state index in [1.807, 2.05) is 48.5 Å². The van der Waals surface area contributed by atoms with Gasteiger partial charge in [0.05, 0.1) is 17.9 Å². The standard InChI is InChI=1S/C27H25N3O5S2/c1-16(36-25-27(33)35-29-30(25)19-11-7-4-8-12-19)23(31)28-24-22(26(32)34-2)20-14-13-18(15-21(20)37-24)17-9-5-3-6-10-17/h3-12,16,18H,13-15H2,1-2H3,(H-,28,29,31,32,33)/p+1. The molecule has 1 amide bonds. The number of carbonyl (C=O) groups is 2. The van der Waals surface area contributed by atoms with Gasteiger partial charge in [-0.2, -0.15) is 0 Å². The maximum atomic E-state index is 13.2. The highest BCUT2D eigenvalue weighted by Gasteiger charge is 2.33. The number of H-pyrrole nitrogens is 1. The summed E-state index contributed by atoms with van der Waals surface area (Å²) in [6.07, 6.45) is 2.45. The van der Waals surface area contributed by atoms with Crippen molar-refractivity contribution in [1.82, 2.24) is 5.27 Å². The summed E-state index contributed by atoms with van der Waals surface area (Å²) < 4.78 is 11.6. The monoisotopic (exact) mass is 536 g/mol. The molecule has 2 heterocycles. The Balaban J connectivity index is 1.37. The Kier molecular flexibility index (Phi) is 7.29. The Morgan fingerprint density at radius 2 is 1.86 bits per heavy atom. The maximum absolute atomic E-state index is 13.2. The lowest BCUT2D eigenvalue weighted by molar-refractivity contribution is -0.704. The molecule has 5 rings (SSSR count). The number of thiophene rings is 1. The van der Waals surface area contributed by atoms with Gasteiger partial charge in [-0.3, -0.25) is 9.32 Å². The molecule has 2 unspecified atom stereocenters. The number of thioether (sulfide) groups is 1. The van der Waals surface area contributed by atoms with Gasteiger partial charge < -0.3 is 10.1 Å². The first-order valence-corrected chi connectivity index (χ1v) is 13.6. The van der Waals surface area contributed by atoms with Gasteiger partial charge in [0.1, 0.15) is 5.00 Å². The van der Waals surface area contributed by atoms with Crippen molar-refractivity contribution in [2.24, 2.45) is 0 Å². The van der Waals surface area contributed by atoms with Crippen LogP contribution in [-0.2, 0) is 22.4 Å². The number of benzene rings is 2. The molecule has 2 N–H and O–H groups in total. The quantitative estimate of drug-likeness (QED) is 0.205. The summed E-state index contributed by atoms with van der Waals surface area (Å²) in [7, 11) is 1.35. The first kappa shape index (κ1) is 25.0. The molecule has 8 nitrogen and oxygen atoms in total. The third-order valence-corrected chi connectivity index (χ3v) is 8.75. The van der Waals surface area contributed by atoms with E-state index in [2.05, 4.69) is 22.7 Å². The minimum atomic E-state index is -0.643. The van der Waals surface area contributed by atoms with Crippen molar-refractivity contribution in [2.45, 2.75) is 42.4 Å². The van der Waals surface area contributed by atoms with Crippen LogP contribution in [0.25, 0.3) is 5.69 Å². The Morgan fingerprint density at radius 3 is 2.57 bits per heavy atom. The second kappa shape index (κ2) is 10.8. The minimum absolute atomic E-state index is 0.248. The number of rotatable bonds is 7. The van der Waals surface area contributed by atoms with Gasteiger partial charge in [0.25, 0.3) is 0 Å². The van der Waals surface area contributed by atoms with E-state index in [0.717, 1.165) is 41.5 Å². The van der Waals surface area contributed by atoms with Crippen LogP contribution >= 0.6 is 23.1 Å². The molecule has 0 fully saturated rings. The highest BCUT2D eigenvalue weighted by molar-refractivity contribution is 8.00. The highest BCUT2D eigenvalue weighted by Crippen LogP contribution is 2.43. The fourth-order valence-corrected chi connectivity index (χ4v) is 6.75. The zero-order valence-corrected chi connectivity index (χ0v) is 22.0. The number of nitrogens with one attached hydrogen (secondary N) is 2. The Bertz CT molecular complexity index is 1480. The minimum Gasteiger partial charge on any atom is -0.465 e. The molecule has 0 radical (unpaired) electrons. The van der Waals surface area contributed by atoms with Gasteiger partial charge >= 0.3 is 16.6 Å². The van der Waals surface area contributed by atoms with Gasteiger partial charge in [-0.25, -0.2) is 9.59 Å². The summed E-state index contributed by atoms with van der Waals surface area (Å²) in [6.45, 7) is 1.71. The Hall–Kier alpha value is -3.63. The van der Waals surface area contributed by atoms with Gasteiger partial charge in [-0.05, 0) is 64.9 Å². The molecule has 10 heteroatoms. The van der Waals surface area contributed by atoms with E-state index in [0.29, 0.717) is 22.2 Å². The number of aromatic nitrogens is 2. The van der Waals surface area contributed by atoms with Crippen molar-refractivity contribution < 1.29 is 23.5 Å². The van der Waals surface area contributed by atoms with Crippen LogP contribution < -0.4 is 15.6 Å². The molecular weight excluding hydrogens is 510 g/mol. The van der Waals surface area contributed by atoms with Crippen molar-refractivity contribution in [1.29, 1.82) is 0 Å². The molecule has 0 bridgehead atoms. The third-order valence-electron chi connectivity index (χ3n) is 6.44. The summed E-state index contributed by atoms with van der Waals surface area (Å²) in [6, 6.07) is 19.5. The van der Waals surface area contributed by atoms with Gasteiger partial charge in [0.2, 0.25) is 11.6 Å². The Morgan fingerprint density at radius 1 is 1.16 bits per heavy atom. The topological polar surface area (TPSA) is 105 Å². The van der Waals surface area contributed by atoms with Crippen LogP contribution in [0.1, 0.15) is 45.6 Å². The van der Waals surface area contributed by atoms with E-state index in [-0.39, 0.29) is 10.9 Å². The molecule has 2 aromatic heterocycles. The second-order valence-corrected chi connectivity index (χ2v) is 11.2. The largest absolute Gasteiger partial charge is 0.465 e. The van der Waals surface area contributed by atoms with Crippen LogP contribution in [0.5, 0.6) is 0 Å². The van der Waals surface area contributed by atoms with E-state index < -0.39 is 16.8 Å². The summed E-state index contributed by atoms with van der Waals surface area (Å²) >= 11 is 2.51. The van der Waals surface area contributed by atoms with Crippen molar-refractivity contribution in [3.8, 4) is 5.69 Å². The van der Waals surface area contributed by atoms with Crippen LogP contribution in [0.4, 0.5) is 5.00 Å². The van der Waals surface area contributed by atoms with Gasteiger partial charge in [-0.15, -0.1) is 11.3 Å². The number of hydrogen-bond donors (Lipinski definition) is 2. The van der Waals surface area contributed by atoms with Crippen molar-refractivity contribution >= 4 is 40.0 Å². The number of amides is 1. The first-order chi connectivity index (χ1) is 18.0. The number of ether oxygens (including phenoxy) is 1. The smallest absolute Gasteiger partial charge is 0.442 e. The molecule has 1 aliphatic rings. The van der Waals surface area contributed by atoms with Crippen LogP contribution in [0.15, 0.2) is 75.0 Å². The highest BCUT2D eigenvalue weighted by atomic mass is 32.2. The van der Waals surface area contributed by atoms with Crippen LogP contribution in [0.3, 0.4) is 0 Å². The third kappa shape index (κ3) is 5.12. The van der Waals surface area contributed by atoms with Crippen LogP contribution in [0.2, 0.25) is 0 Å². The average Bonchev–Trinajstić information content (AvgIpc) is 3.48. The molecule has 0 aliphatic heterocycles. The van der Waals surface area contributed by atoms with Gasteiger partial charge in [0, 0.05) is 17.0 Å². The first-order valence-electron chi connectivity index (χ1n) is 11.9. The molecule has 0 spiro atoms. The Labute approximate surface area is 221 Å². The predicted octanol–water partition coefficient (Wildman–Crippen LogP) is 4.48. The van der Waals surface area contributed by atoms with Crippen molar-refractivity contribution in [2.75, 3.05) is 12.4 Å². The van der Waals surface area contributed by atoms with Crippen molar-refractivity contribution in [3.63, 3.8) is 0 Å². The fourth-order valence-electron chi connectivity index (χ4n) is 4.55. The lowest BCUT2D eigenvalue weighted by Gasteiger charge is -2.22. The summed E-state index contributed by atoms with van der Waals surface area (Å²) in [5, 5.41) is 5.61. The lowest BCUT2D eigenvalue weighted by Crippen LogP contribution is -2.37. The lowest BCUT2D eigenvalue weighted by atomic mass is 9.83. The van der Waals surface area contributed by atoms with Crippen LogP contribution in [-0.4, -0.2) is 29.5 Å². The summed E-state index contributed by atoms with van der Waals surface area (Å²) in [4.78, 5) is 39.4. The number of para-hydroxylation sites is 1. The molecule has 37 heavy (non-hydrogen) atoms. The van der Waals surface area contributed by atoms with E-state index in [1.165, 1.54) is 28.7 Å². The molecule has 190 valence electrons. The molecule has 0 saturated heterocycles. The maximum Gasteiger partial charge on any atom is 0.442 e. The molecule has 2 atom stereocenters. The fraction of sp³-hybridized carbons (Fsp3) is 0.259. The molecule has 0 saturated carbocycles. The zero-order chi connectivity index (χ0) is 25.9. The number of fused-ring (bicyclic) bond motifs is 1. The zero-order valence-electron chi connectivity index (χ0n) is 20.4. The summed E-state index contributed by atoms with van der Waals surface area (Å²) in [5.74, 6) is -0.426. The van der Waals surface area contributed by atoms with Gasteiger partial charge in [-0.1, -0.05) is 48.5 Å². The van der Waals surface area contributed by atoms with Crippen LogP contribution in [0, 0.1) is 0 Å². The molecular formula is C27H26N3O5S2+. The predicted molar refractivity (Wildman–Crippen MR) is 142 cm³/mol. The number of carbonyl (C=O) groups excluding carboxylic acids is 2. The van der Waals surface area contributed by atoms with E-state index in [4.69, 9.17) is 9.26 Å². The average molecular weight is 537 g/mol. The van der Waals surface area contributed by atoms with E-state index in [1.54, 1.807) is 6.92 Å². The summed E-state index contributed by atoms with van der Waals surface area (Å²) in [5.41, 5.74) is 2.79. The number of hydrogen-bond acceptors (Lipinski definition) is 7. The number of nitrogens with zero attached hydrogens (tertiary/aromatic N) is 1. The second-order valence-electron chi connectivity index (χ2n) is 8.76. The number of methoxy groups -OCH3 is 1. The molecule has 2 aromatic carbocycles. The van der Waals surface area contributed by atoms with E-state index in [9.17, 15) is 14.4 Å². The van der Waals surface area contributed by atoms with Crippen molar-refractivity contribution in [3.05, 3.63) is 92.7 Å². The SMILES string of the molecule is COC(=O)c1c(NC(=O)C(C)Sc2c(=O)o[nH][n+]2-c2ccccc2)sc2c1CCC(c1ccccc1)C2. The molecule has 4 aromatic rings.